The summed E-state index contributed by atoms with van der Waals surface area (Å²) in [6.07, 6.45) is 0.962. The van der Waals surface area contributed by atoms with E-state index in [2.05, 4.69) is 45.1 Å². The van der Waals surface area contributed by atoms with Crippen LogP contribution in [-0.2, 0) is 12.0 Å². The molecule has 10 heteroatoms. The number of benzene rings is 1. The van der Waals surface area contributed by atoms with Crippen LogP contribution in [0.4, 0.5) is 20.7 Å². The molecular formula is C24H25FN6O3. The van der Waals surface area contributed by atoms with Gasteiger partial charge >= 0.3 is 6.09 Å². The van der Waals surface area contributed by atoms with Crippen molar-refractivity contribution in [3.63, 3.8) is 0 Å². The number of hydrogen-bond donors (Lipinski definition) is 5. The first-order chi connectivity index (χ1) is 16.2. The summed E-state index contributed by atoms with van der Waals surface area (Å²) >= 11 is 0. The lowest BCUT2D eigenvalue weighted by Gasteiger charge is -2.38. The number of halogens is 1. The average Bonchev–Trinajstić information content (AvgIpc) is 2.80. The highest BCUT2D eigenvalue weighted by Gasteiger charge is 2.33. The van der Waals surface area contributed by atoms with E-state index in [-0.39, 0.29) is 17.9 Å². The number of nitrogens with one attached hydrogen (secondary N) is 4. The van der Waals surface area contributed by atoms with Gasteiger partial charge in [-0.05, 0) is 47.5 Å². The van der Waals surface area contributed by atoms with Crippen LogP contribution >= 0.6 is 0 Å². The molecule has 1 aromatic carbocycles. The molecule has 176 valence electrons. The molecule has 1 aliphatic rings. The quantitative estimate of drug-likeness (QED) is 0.377. The predicted molar refractivity (Wildman–Crippen MR) is 125 cm³/mol. The molecule has 1 atom stereocenters. The SMILES string of the molecule is CC1(C)CNC(NC(=O)O)c2cc(NC(=O)c3cccnc3NCc3ccc(F)cn3)ccc21. The van der Waals surface area contributed by atoms with Crippen LogP contribution in [-0.4, -0.2) is 33.6 Å². The van der Waals surface area contributed by atoms with Crippen molar-refractivity contribution in [2.24, 2.45) is 0 Å². The van der Waals surface area contributed by atoms with Crippen molar-refractivity contribution in [3.8, 4) is 0 Å². The molecule has 5 N–H and O–H groups in total. The molecule has 0 saturated heterocycles. The van der Waals surface area contributed by atoms with Gasteiger partial charge in [-0.15, -0.1) is 0 Å². The lowest BCUT2D eigenvalue weighted by Crippen LogP contribution is -2.48. The summed E-state index contributed by atoms with van der Waals surface area (Å²) in [6.45, 7) is 5.00. The summed E-state index contributed by atoms with van der Waals surface area (Å²) < 4.78 is 13.1. The number of nitrogens with zero attached hydrogens (tertiary/aromatic N) is 2. The smallest absolute Gasteiger partial charge is 0.406 e. The summed E-state index contributed by atoms with van der Waals surface area (Å²) in [7, 11) is 0. The first kappa shape index (κ1) is 23.1. The van der Waals surface area contributed by atoms with Gasteiger partial charge in [-0.25, -0.2) is 14.2 Å². The summed E-state index contributed by atoms with van der Waals surface area (Å²) in [5.41, 5.74) is 2.99. The number of carboxylic acid groups (broad SMARTS) is 1. The Labute approximate surface area is 195 Å². The Hall–Kier alpha value is -4.05. The van der Waals surface area contributed by atoms with Crippen LogP contribution in [0.15, 0.2) is 54.9 Å². The molecule has 4 rings (SSSR count). The molecular weight excluding hydrogens is 439 g/mol. The first-order valence-electron chi connectivity index (χ1n) is 10.7. The zero-order valence-corrected chi connectivity index (χ0v) is 18.7. The molecule has 9 nitrogen and oxygen atoms in total. The van der Waals surface area contributed by atoms with Crippen LogP contribution in [0.2, 0.25) is 0 Å². The van der Waals surface area contributed by atoms with Gasteiger partial charge in [0.1, 0.15) is 17.8 Å². The van der Waals surface area contributed by atoms with E-state index in [0.29, 0.717) is 29.3 Å². The van der Waals surface area contributed by atoms with Crippen molar-refractivity contribution in [2.75, 3.05) is 17.2 Å². The molecule has 3 heterocycles. The van der Waals surface area contributed by atoms with Gasteiger partial charge in [-0.3, -0.25) is 15.1 Å². The minimum atomic E-state index is -1.14. The van der Waals surface area contributed by atoms with Crippen molar-refractivity contribution in [1.82, 2.24) is 20.6 Å². The summed E-state index contributed by atoms with van der Waals surface area (Å²) in [5, 5.41) is 20.8. The number of carbonyl (C=O) groups excluding carboxylic acids is 1. The monoisotopic (exact) mass is 464 g/mol. The normalized spacial score (nSPS) is 16.3. The first-order valence-corrected chi connectivity index (χ1v) is 10.7. The Bertz CT molecular complexity index is 1220. The third-order valence-corrected chi connectivity index (χ3v) is 5.64. The Kier molecular flexibility index (Phi) is 6.42. The zero-order valence-electron chi connectivity index (χ0n) is 18.7. The zero-order chi connectivity index (χ0) is 24.3. The van der Waals surface area contributed by atoms with Gasteiger partial charge in [0.15, 0.2) is 0 Å². The second-order valence-electron chi connectivity index (χ2n) is 8.62. The van der Waals surface area contributed by atoms with Crippen molar-refractivity contribution < 1.29 is 19.1 Å². The fourth-order valence-corrected chi connectivity index (χ4v) is 3.92. The average molecular weight is 465 g/mol. The molecule has 0 aliphatic carbocycles. The van der Waals surface area contributed by atoms with Crippen molar-refractivity contribution in [2.45, 2.75) is 32.0 Å². The molecule has 1 unspecified atom stereocenters. The maximum atomic E-state index is 13.1. The number of rotatable bonds is 6. The molecule has 2 aromatic heterocycles. The van der Waals surface area contributed by atoms with Crippen molar-refractivity contribution >= 4 is 23.5 Å². The van der Waals surface area contributed by atoms with Crippen LogP contribution < -0.4 is 21.3 Å². The largest absolute Gasteiger partial charge is 0.465 e. The van der Waals surface area contributed by atoms with Gasteiger partial charge in [0.05, 0.1) is 24.0 Å². The number of hydrogen-bond acceptors (Lipinski definition) is 6. The van der Waals surface area contributed by atoms with Gasteiger partial charge in [0.2, 0.25) is 0 Å². The van der Waals surface area contributed by atoms with Gasteiger partial charge in [-0.2, -0.15) is 0 Å². The van der Waals surface area contributed by atoms with Gasteiger partial charge in [-0.1, -0.05) is 19.9 Å². The van der Waals surface area contributed by atoms with Crippen molar-refractivity contribution in [3.05, 3.63) is 83.1 Å². The highest BCUT2D eigenvalue weighted by atomic mass is 19.1. The highest BCUT2D eigenvalue weighted by Crippen LogP contribution is 2.35. The van der Waals surface area contributed by atoms with E-state index in [1.54, 1.807) is 36.5 Å². The standard InChI is InChI=1S/C24H25FN6O3/c1-24(2)13-29-21(31-23(33)34)18-10-15(7-8-19(18)24)30-22(32)17-4-3-9-26-20(17)28-12-16-6-5-14(25)11-27-16/h3-11,21,29,31H,12-13H2,1-2H3,(H,26,28)(H,30,32)(H,33,34). The van der Waals surface area contributed by atoms with E-state index in [1.165, 1.54) is 6.07 Å². The topological polar surface area (TPSA) is 128 Å². The van der Waals surface area contributed by atoms with Gasteiger partial charge < -0.3 is 21.1 Å². The van der Waals surface area contributed by atoms with Gasteiger partial charge in [0, 0.05) is 23.8 Å². The maximum absolute atomic E-state index is 13.1. The molecule has 0 saturated carbocycles. The molecule has 0 bridgehead atoms. The van der Waals surface area contributed by atoms with E-state index in [0.717, 1.165) is 17.3 Å². The molecule has 0 radical (unpaired) electrons. The lowest BCUT2D eigenvalue weighted by molar-refractivity contribution is 0.102. The van der Waals surface area contributed by atoms with E-state index in [1.807, 2.05) is 6.07 Å². The molecule has 1 aliphatic heterocycles. The third kappa shape index (κ3) is 5.12. The lowest BCUT2D eigenvalue weighted by atomic mass is 9.78. The van der Waals surface area contributed by atoms with E-state index >= 15 is 0 Å². The number of pyridine rings is 2. The molecule has 0 spiro atoms. The van der Waals surface area contributed by atoms with Crippen LogP contribution in [0.1, 0.15) is 47.2 Å². The fourth-order valence-electron chi connectivity index (χ4n) is 3.92. The van der Waals surface area contributed by atoms with Crippen molar-refractivity contribution in [1.29, 1.82) is 0 Å². The molecule has 0 fully saturated rings. The fraction of sp³-hybridized carbons (Fsp3) is 0.250. The second kappa shape index (κ2) is 9.44. The minimum absolute atomic E-state index is 0.205. The number of amides is 2. The number of anilines is 2. The second-order valence-corrected chi connectivity index (χ2v) is 8.62. The van der Waals surface area contributed by atoms with E-state index in [4.69, 9.17) is 0 Å². The highest BCUT2D eigenvalue weighted by molar-refractivity contribution is 6.07. The Morgan fingerprint density at radius 2 is 2.03 bits per heavy atom. The number of carbonyl (C=O) groups is 2. The molecule has 34 heavy (non-hydrogen) atoms. The Balaban J connectivity index is 1.54. The van der Waals surface area contributed by atoms with Gasteiger partial charge in [0.25, 0.3) is 5.91 Å². The van der Waals surface area contributed by atoms with Crippen LogP contribution in [0, 0.1) is 5.82 Å². The number of aromatic nitrogens is 2. The Morgan fingerprint density at radius 3 is 2.76 bits per heavy atom. The summed E-state index contributed by atoms with van der Waals surface area (Å²) in [5.74, 6) is -0.447. The van der Waals surface area contributed by atoms with Crippen LogP contribution in [0.5, 0.6) is 0 Å². The maximum Gasteiger partial charge on any atom is 0.406 e. The number of fused-ring (bicyclic) bond motifs is 1. The summed E-state index contributed by atoms with van der Waals surface area (Å²) in [4.78, 5) is 32.6. The Morgan fingerprint density at radius 1 is 1.21 bits per heavy atom. The third-order valence-electron chi connectivity index (χ3n) is 5.64. The molecule has 2 amide bonds. The van der Waals surface area contributed by atoms with Crippen LogP contribution in [0.3, 0.4) is 0 Å². The van der Waals surface area contributed by atoms with E-state index < -0.39 is 18.1 Å². The minimum Gasteiger partial charge on any atom is -0.465 e. The predicted octanol–water partition coefficient (Wildman–Crippen LogP) is 3.63. The van der Waals surface area contributed by atoms with E-state index in [9.17, 15) is 19.1 Å². The molecule has 3 aromatic rings. The summed E-state index contributed by atoms with van der Waals surface area (Å²) in [6, 6.07) is 11.6. The van der Waals surface area contributed by atoms with Crippen LogP contribution in [0.25, 0.3) is 0 Å².